The molecule has 3 heterocycles. The second kappa shape index (κ2) is 7.83. The van der Waals surface area contributed by atoms with Crippen molar-refractivity contribution in [1.82, 2.24) is 5.32 Å². The lowest BCUT2D eigenvalue weighted by Crippen LogP contribution is -2.37. The smallest absolute Gasteiger partial charge is 0.319 e. The number of nitrogens with one attached hydrogen (secondary N) is 2. The van der Waals surface area contributed by atoms with Gasteiger partial charge < -0.3 is 29.7 Å². The van der Waals surface area contributed by atoms with Crippen LogP contribution >= 0.6 is 0 Å². The molecular weight excluding hydrogens is 370 g/mol. The van der Waals surface area contributed by atoms with Crippen LogP contribution in [0.1, 0.15) is 16.7 Å². The summed E-state index contributed by atoms with van der Waals surface area (Å²) < 4.78 is 17.0. The van der Waals surface area contributed by atoms with Crippen LogP contribution in [0.5, 0.6) is 11.5 Å². The van der Waals surface area contributed by atoms with Crippen molar-refractivity contribution in [2.75, 3.05) is 49.7 Å². The standard InChI is InChI=1S/C22H25N3O4/c26-22(24-18-3-1-2-4-19(18)25-7-11-27-12-8-25)23-14-17-16-6-10-28-20(16)13-15-5-9-29-21(15)17/h1-4,13H,5-12,14H2,(H2,23,24,26). The van der Waals surface area contributed by atoms with Crippen LogP contribution < -0.4 is 25.0 Å². The summed E-state index contributed by atoms with van der Waals surface area (Å²) in [4.78, 5) is 14.9. The Balaban J connectivity index is 1.30. The van der Waals surface area contributed by atoms with Crippen molar-refractivity contribution in [3.8, 4) is 11.5 Å². The highest BCUT2D eigenvalue weighted by Crippen LogP contribution is 2.40. The number of carbonyl (C=O) groups is 1. The molecule has 1 fully saturated rings. The predicted molar refractivity (Wildman–Crippen MR) is 110 cm³/mol. The molecule has 1 saturated heterocycles. The molecule has 2 aromatic carbocycles. The van der Waals surface area contributed by atoms with Crippen LogP contribution in [0.4, 0.5) is 16.2 Å². The Labute approximate surface area is 169 Å². The van der Waals surface area contributed by atoms with Crippen LogP contribution in [0.2, 0.25) is 0 Å². The first-order valence-electron chi connectivity index (χ1n) is 10.2. The number of carbonyl (C=O) groups excluding carboxylic acids is 1. The van der Waals surface area contributed by atoms with Crippen LogP contribution in [0.25, 0.3) is 0 Å². The first-order chi connectivity index (χ1) is 14.3. The Bertz CT molecular complexity index is 892. The molecule has 5 rings (SSSR count). The maximum absolute atomic E-state index is 12.7. The maximum Gasteiger partial charge on any atom is 0.319 e. The van der Waals surface area contributed by atoms with E-state index in [2.05, 4.69) is 21.6 Å². The number of anilines is 2. The van der Waals surface area contributed by atoms with Crippen molar-refractivity contribution in [2.45, 2.75) is 19.4 Å². The number of para-hydroxylation sites is 2. The van der Waals surface area contributed by atoms with E-state index in [1.165, 1.54) is 5.56 Å². The lowest BCUT2D eigenvalue weighted by molar-refractivity contribution is 0.123. The molecule has 2 N–H and O–H groups in total. The fraction of sp³-hybridized carbons (Fsp3) is 0.409. The number of hydrogen-bond acceptors (Lipinski definition) is 5. The van der Waals surface area contributed by atoms with Crippen molar-refractivity contribution in [3.05, 3.63) is 47.0 Å². The number of urea groups is 1. The highest BCUT2D eigenvalue weighted by atomic mass is 16.5. The van der Waals surface area contributed by atoms with Gasteiger partial charge in [0.2, 0.25) is 0 Å². The Morgan fingerprint density at radius 3 is 2.76 bits per heavy atom. The third kappa shape index (κ3) is 3.58. The molecule has 0 aliphatic carbocycles. The van der Waals surface area contributed by atoms with Crippen LogP contribution in [-0.2, 0) is 24.1 Å². The minimum Gasteiger partial charge on any atom is -0.493 e. The molecule has 0 aromatic heterocycles. The molecule has 7 nitrogen and oxygen atoms in total. The second-order valence-electron chi connectivity index (χ2n) is 7.44. The SMILES string of the molecule is O=C(NCc1c2c(cc3c1OCC3)OCC2)Nc1ccccc1N1CCOCC1. The Morgan fingerprint density at radius 2 is 1.86 bits per heavy atom. The zero-order valence-electron chi connectivity index (χ0n) is 16.3. The summed E-state index contributed by atoms with van der Waals surface area (Å²) in [6, 6.07) is 9.74. The lowest BCUT2D eigenvalue weighted by atomic mass is 9.99. The molecular formula is C22H25N3O4. The summed E-state index contributed by atoms with van der Waals surface area (Å²) in [7, 11) is 0. The molecule has 0 radical (unpaired) electrons. The summed E-state index contributed by atoms with van der Waals surface area (Å²) >= 11 is 0. The van der Waals surface area contributed by atoms with Gasteiger partial charge in [0.25, 0.3) is 0 Å². The highest BCUT2D eigenvalue weighted by molar-refractivity contribution is 5.93. The summed E-state index contributed by atoms with van der Waals surface area (Å²) in [5, 5.41) is 6.02. The topological polar surface area (TPSA) is 72.1 Å². The van der Waals surface area contributed by atoms with E-state index in [0.29, 0.717) is 33.0 Å². The molecule has 7 heteroatoms. The predicted octanol–water partition coefficient (Wildman–Crippen LogP) is 2.71. The molecule has 0 spiro atoms. The number of morpholine rings is 1. The van der Waals surface area contributed by atoms with Gasteiger partial charge in [0.15, 0.2) is 0 Å². The average Bonchev–Trinajstić information content (AvgIpc) is 3.41. The van der Waals surface area contributed by atoms with Crippen LogP contribution in [0, 0.1) is 0 Å². The number of hydrogen-bond donors (Lipinski definition) is 2. The van der Waals surface area contributed by atoms with Gasteiger partial charge in [-0.2, -0.15) is 0 Å². The monoisotopic (exact) mass is 395 g/mol. The molecule has 3 aliphatic heterocycles. The maximum atomic E-state index is 12.7. The van der Waals surface area contributed by atoms with E-state index >= 15 is 0 Å². The van der Waals surface area contributed by atoms with E-state index in [-0.39, 0.29) is 6.03 Å². The molecule has 0 bridgehead atoms. The normalized spacial score (nSPS) is 17.2. The Kier molecular flexibility index (Phi) is 4.89. The molecule has 2 amide bonds. The minimum absolute atomic E-state index is 0.228. The van der Waals surface area contributed by atoms with Gasteiger partial charge in [0, 0.05) is 49.2 Å². The summed E-state index contributed by atoms with van der Waals surface area (Å²) in [5.41, 5.74) is 5.18. The van der Waals surface area contributed by atoms with E-state index in [9.17, 15) is 4.79 Å². The van der Waals surface area contributed by atoms with Gasteiger partial charge in [-0.05, 0) is 18.2 Å². The van der Waals surface area contributed by atoms with E-state index in [1.54, 1.807) is 0 Å². The van der Waals surface area contributed by atoms with Gasteiger partial charge in [-0.15, -0.1) is 0 Å². The quantitative estimate of drug-likeness (QED) is 0.833. The van der Waals surface area contributed by atoms with Crippen LogP contribution in [0.3, 0.4) is 0 Å². The van der Waals surface area contributed by atoms with Crippen molar-refractivity contribution >= 4 is 17.4 Å². The van der Waals surface area contributed by atoms with Crippen molar-refractivity contribution < 1.29 is 19.0 Å². The first-order valence-corrected chi connectivity index (χ1v) is 10.2. The minimum atomic E-state index is -0.228. The summed E-state index contributed by atoms with van der Waals surface area (Å²) in [6.07, 6.45) is 1.74. The van der Waals surface area contributed by atoms with E-state index < -0.39 is 0 Å². The molecule has 152 valence electrons. The zero-order chi connectivity index (χ0) is 19.6. The van der Waals surface area contributed by atoms with Crippen molar-refractivity contribution in [3.63, 3.8) is 0 Å². The van der Waals surface area contributed by atoms with E-state index in [0.717, 1.165) is 59.9 Å². The number of benzene rings is 2. The van der Waals surface area contributed by atoms with Gasteiger partial charge in [-0.3, -0.25) is 0 Å². The van der Waals surface area contributed by atoms with E-state index in [1.807, 2.05) is 24.3 Å². The molecule has 29 heavy (non-hydrogen) atoms. The molecule has 2 aromatic rings. The number of ether oxygens (including phenoxy) is 3. The van der Waals surface area contributed by atoms with Crippen LogP contribution in [-0.4, -0.2) is 45.5 Å². The van der Waals surface area contributed by atoms with Crippen molar-refractivity contribution in [2.24, 2.45) is 0 Å². The van der Waals surface area contributed by atoms with Gasteiger partial charge in [-0.25, -0.2) is 4.79 Å². The number of nitrogens with zero attached hydrogens (tertiary/aromatic N) is 1. The van der Waals surface area contributed by atoms with Gasteiger partial charge in [0.05, 0.1) is 37.8 Å². The summed E-state index contributed by atoms with van der Waals surface area (Å²) in [5.74, 6) is 1.85. The number of rotatable bonds is 4. The third-order valence-corrected chi connectivity index (χ3v) is 5.69. The Morgan fingerprint density at radius 1 is 1.03 bits per heavy atom. The zero-order valence-corrected chi connectivity index (χ0v) is 16.3. The van der Waals surface area contributed by atoms with E-state index in [4.69, 9.17) is 14.2 Å². The average molecular weight is 395 g/mol. The van der Waals surface area contributed by atoms with Gasteiger partial charge in [0.1, 0.15) is 11.5 Å². The third-order valence-electron chi connectivity index (χ3n) is 5.69. The molecule has 0 unspecified atom stereocenters. The fourth-order valence-corrected chi connectivity index (χ4v) is 4.27. The number of fused-ring (bicyclic) bond motifs is 2. The molecule has 0 atom stereocenters. The Hall–Kier alpha value is -2.93. The van der Waals surface area contributed by atoms with Crippen LogP contribution in [0.15, 0.2) is 30.3 Å². The molecule has 0 saturated carbocycles. The second-order valence-corrected chi connectivity index (χ2v) is 7.44. The van der Waals surface area contributed by atoms with Crippen molar-refractivity contribution in [1.29, 1.82) is 0 Å². The van der Waals surface area contributed by atoms with Gasteiger partial charge >= 0.3 is 6.03 Å². The largest absolute Gasteiger partial charge is 0.493 e. The molecule has 3 aliphatic rings. The first kappa shape index (κ1) is 18.1. The number of amides is 2. The lowest BCUT2D eigenvalue weighted by Gasteiger charge is -2.30. The fourth-order valence-electron chi connectivity index (χ4n) is 4.27. The van der Waals surface area contributed by atoms with Gasteiger partial charge in [-0.1, -0.05) is 12.1 Å². The highest BCUT2D eigenvalue weighted by Gasteiger charge is 2.26. The summed E-state index contributed by atoms with van der Waals surface area (Å²) in [6.45, 7) is 4.83.